The van der Waals surface area contributed by atoms with Crippen LogP contribution in [0.5, 0.6) is 0 Å². The summed E-state index contributed by atoms with van der Waals surface area (Å²) in [5.74, 6) is 0.770. The van der Waals surface area contributed by atoms with Crippen LogP contribution in [0.3, 0.4) is 0 Å². The van der Waals surface area contributed by atoms with Gasteiger partial charge in [0.2, 0.25) is 0 Å². The van der Waals surface area contributed by atoms with Gasteiger partial charge in [-0.05, 0) is 80.5 Å². The van der Waals surface area contributed by atoms with E-state index in [4.69, 9.17) is 9.97 Å². The minimum atomic E-state index is -2.10. The van der Waals surface area contributed by atoms with Gasteiger partial charge in [-0.15, -0.1) is 0 Å². The molecule has 58 heavy (non-hydrogen) atoms. The molecule has 0 radical (unpaired) electrons. The molecule has 0 aliphatic carbocycles. The van der Waals surface area contributed by atoms with E-state index in [1.807, 2.05) is 0 Å². The number of aromatic nitrogens is 3. The third-order valence-corrected chi connectivity index (χ3v) is 15.3. The molecule has 1 aliphatic rings. The molecule has 0 unspecified atom stereocenters. The minimum Gasteiger partial charge on any atom is -0.309 e. The first kappa shape index (κ1) is 34.1. The van der Waals surface area contributed by atoms with Crippen molar-refractivity contribution in [3.05, 3.63) is 200 Å². The quantitative estimate of drug-likeness (QED) is 0.158. The topological polar surface area (TPSA) is 30.7 Å². The minimum absolute atomic E-state index is 0.770. The van der Waals surface area contributed by atoms with E-state index in [-0.39, 0.29) is 0 Å². The molecule has 0 saturated heterocycles. The van der Waals surface area contributed by atoms with Crippen LogP contribution in [0.25, 0.3) is 94.6 Å². The first-order chi connectivity index (χ1) is 28.5. The zero-order chi connectivity index (χ0) is 38.8. The molecule has 2 aromatic heterocycles. The molecular formula is C54H39N3Si. The smallest absolute Gasteiger partial charge is 0.159 e. The van der Waals surface area contributed by atoms with Gasteiger partial charge in [0, 0.05) is 38.5 Å². The molecule has 0 N–H and O–H groups in total. The Hall–Kier alpha value is -7.14. The Bertz CT molecular complexity index is 3180. The van der Waals surface area contributed by atoms with Crippen LogP contribution >= 0.6 is 0 Å². The van der Waals surface area contributed by atoms with E-state index in [1.165, 1.54) is 71.3 Å². The van der Waals surface area contributed by atoms with E-state index < -0.39 is 8.07 Å². The maximum atomic E-state index is 5.49. The second-order valence-electron chi connectivity index (χ2n) is 15.8. The van der Waals surface area contributed by atoms with Gasteiger partial charge in [0.05, 0.1) is 16.7 Å². The van der Waals surface area contributed by atoms with E-state index in [0.717, 1.165) is 33.9 Å². The van der Waals surface area contributed by atoms with E-state index in [2.05, 4.69) is 218 Å². The zero-order valence-corrected chi connectivity index (χ0v) is 33.4. The standard InChI is InChI=1S/C54H39N3Si/c1-58(2)49-30-13-12-27-45(49)51-52(38-21-10-5-11-22-38)55-53(56-54(51)58)42-25-14-24-41(33-42)44-28-16-29-48-50(44)46-35-40(37-19-8-4-9-20-37)31-32-47(46)57(48)43-26-15-23-39(34-43)36-17-6-3-7-18-36/h3-35H,1-2H3. The van der Waals surface area contributed by atoms with Crippen molar-refractivity contribution < 1.29 is 0 Å². The Labute approximate surface area is 339 Å². The van der Waals surface area contributed by atoms with Crippen LogP contribution in [-0.4, -0.2) is 22.6 Å². The summed E-state index contributed by atoms with van der Waals surface area (Å²) in [6.45, 7) is 4.85. The van der Waals surface area contributed by atoms with Crippen molar-refractivity contribution in [1.29, 1.82) is 0 Å². The number of hydrogen-bond donors (Lipinski definition) is 0. The van der Waals surface area contributed by atoms with Gasteiger partial charge in [0.25, 0.3) is 0 Å². The lowest BCUT2D eigenvalue weighted by atomic mass is 9.96. The number of fused-ring (bicyclic) bond motifs is 6. The second-order valence-corrected chi connectivity index (χ2v) is 20.0. The van der Waals surface area contributed by atoms with Crippen LogP contribution in [-0.2, 0) is 0 Å². The summed E-state index contributed by atoms with van der Waals surface area (Å²) >= 11 is 0. The van der Waals surface area contributed by atoms with E-state index >= 15 is 0 Å². The maximum absolute atomic E-state index is 5.49. The Kier molecular flexibility index (Phi) is 7.95. The zero-order valence-electron chi connectivity index (χ0n) is 32.4. The van der Waals surface area contributed by atoms with Gasteiger partial charge in [0.1, 0.15) is 8.07 Å². The van der Waals surface area contributed by atoms with Gasteiger partial charge in [-0.2, -0.15) is 0 Å². The lowest BCUT2D eigenvalue weighted by molar-refractivity contribution is 1.18. The summed E-state index contributed by atoms with van der Waals surface area (Å²) in [5.41, 5.74) is 16.2. The second kappa shape index (κ2) is 13.5. The molecule has 3 heterocycles. The molecule has 3 nitrogen and oxygen atoms in total. The molecule has 0 bridgehead atoms. The first-order valence-electron chi connectivity index (χ1n) is 20.0. The molecule has 1 aliphatic heterocycles. The predicted molar refractivity (Wildman–Crippen MR) is 246 cm³/mol. The fourth-order valence-corrected chi connectivity index (χ4v) is 12.1. The van der Waals surface area contributed by atoms with E-state index in [0.29, 0.717) is 0 Å². The summed E-state index contributed by atoms with van der Waals surface area (Å²) in [4.78, 5) is 10.9. The van der Waals surface area contributed by atoms with Crippen LogP contribution in [0.4, 0.5) is 0 Å². The number of nitrogens with zero attached hydrogens (tertiary/aromatic N) is 3. The Morgan fingerprint density at radius 3 is 1.76 bits per heavy atom. The van der Waals surface area contributed by atoms with Gasteiger partial charge in [-0.25, -0.2) is 9.97 Å². The average Bonchev–Trinajstić information content (AvgIpc) is 3.75. The van der Waals surface area contributed by atoms with Crippen LogP contribution in [0.1, 0.15) is 0 Å². The van der Waals surface area contributed by atoms with Gasteiger partial charge in [-0.3, -0.25) is 0 Å². The van der Waals surface area contributed by atoms with Crippen molar-refractivity contribution in [2.75, 3.05) is 0 Å². The third-order valence-electron chi connectivity index (χ3n) is 12.0. The first-order valence-corrected chi connectivity index (χ1v) is 23.0. The van der Waals surface area contributed by atoms with Gasteiger partial charge in [-0.1, -0.05) is 177 Å². The van der Waals surface area contributed by atoms with E-state index in [1.54, 1.807) is 0 Å². The van der Waals surface area contributed by atoms with Crippen LogP contribution < -0.4 is 10.5 Å². The number of rotatable bonds is 6. The maximum Gasteiger partial charge on any atom is 0.159 e. The van der Waals surface area contributed by atoms with Gasteiger partial charge >= 0.3 is 0 Å². The molecule has 0 amide bonds. The molecule has 10 aromatic rings. The van der Waals surface area contributed by atoms with Crippen LogP contribution in [0.2, 0.25) is 13.1 Å². The highest BCUT2D eigenvalue weighted by atomic mass is 28.3. The molecule has 0 atom stereocenters. The number of hydrogen-bond acceptors (Lipinski definition) is 2. The molecule has 0 spiro atoms. The summed E-state index contributed by atoms with van der Waals surface area (Å²) in [6.07, 6.45) is 0. The molecule has 8 aromatic carbocycles. The summed E-state index contributed by atoms with van der Waals surface area (Å²) < 4.78 is 2.43. The van der Waals surface area contributed by atoms with Crippen molar-refractivity contribution in [2.24, 2.45) is 0 Å². The van der Waals surface area contributed by atoms with Crippen molar-refractivity contribution in [2.45, 2.75) is 13.1 Å². The Morgan fingerprint density at radius 1 is 0.414 bits per heavy atom. The molecule has 11 rings (SSSR count). The van der Waals surface area contributed by atoms with Crippen molar-refractivity contribution in [3.63, 3.8) is 0 Å². The lowest BCUT2D eigenvalue weighted by Crippen LogP contribution is -2.50. The lowest BCUT2D eigenvalue weighted by Gasteiger charge is -2.19. The fraction of sp³-hybridized carbons (Fsp3) is 0.0370. The molecule has 0 saturated carbocycles. The van der Waals surface area contributed by atoms with Crippen molar-refractivity contribution in [1.82, 2.24) is 14.5 Å². The normalized spacial score (nSPS) is 12.8. The largest absolute Gasteiger partial charge is 0.309 e. The Balaban J connectivity index is 1.13. The highest BCUT2D eigenvalue weighted by Crippen LogP contribution is 2.42. The van der Waals surface area contributed by atoms with Gasteiger partial charge in [0.15, 0.2) is 5.82 Å². The van der Waals surface area contributed by atoms with Crippen molar-refractivity contribution in [3.8, 4) is 72.8 Å². The molecule has 4 heteroatoms. The van der Waals surface area contributed by atoms with Crippen LogP contribution in [0.15, 0.2) is 200 Å². The molecule has 0 fully saturated rings. The van der Waals surface area contributed by atoms with Crippen LogP contribution in [0, 0.1) is 0 Å². The number of benzene rings is 8. The van der Waals surface area contributed by atoms with Gasteiger partial charge < -0.3 is 4.57 Å². The van der Waals surface area contributed by atoms with E-state index in [9.17, 15) is 0 Å². The fourth-order valence-electron chi connectivity index (χ4n) is 9.16. The molecule has 274 valence electrons. The molecular weight excluding hydrogens is 719 g/mol. The van der Waals surface area contributed by atoms with Crippen molar-refractivity contribution >= 4 is 40.4 Å². The SMILES string of the molecule is C[Si]1(C)c2ccccc2-c2c(-c3ccccc3)nc(-c3cccc(-c4cccc5c4c4cc(-c6ccccc6)ccc4n5-c4cccc(-c5ccccc5)c4)c3)nc21. The third kappa shape index (κ3) is 5.48. The monoisotopic (exact) mass is 757 g/mol. The Morgan fingerprint density at radius 2 is 1.00 bits per heavy atom. The summed E-state index contributed by atoms with van der Waals surface area (Å²) in [7, 11) is -2.10. The highest BCUT2D eigenvalue weighted by Gasteiger charge is 2.41. The predicted octanol–water partition coefficient (Wildman–Crippen LogP) is 12.7. The summed E-state index contributed by atoms with van der Waals surface area (Å²) in [5, 5.41) is 5.07. The average molecular weight is 758 g/mol. The highest BCUT2D eigenvalue weighted by molar-refractivity contribution is 7.03. The summed E-state index contributed by atoms with van der Waals surface area (Å²) in [6, 6.07) is 72.2.